The molecule has 0 saturated carbocycles. The van der Waals surface area contributed by atoms with E-state index >= 15 is 0 Å². The van der Waals surface area contributed by atoms with Gasteiger partial charge < -0.3 is 10.1 Å². The highest BCUT2D eigenvalue weighted by atomic mass is 32.1. The number of carbonyl (C=O) groups excluding carboxylic acids is 2. The zero-order valence-corrected chi connectivity index (χ0v) is 14.6. The lowest BCUT2D eigenvalue weighted by Crippen LogP contribution is -2.13. The minimum Gasteiger partial charge on any atom is -0.450 e. The molecule has 0 unspecified atom stereocenters. The van der Waals surface area contributed by atoms with Gasteiger partial charge in [0.25, 0.3) is 5.91 Å². The number of ether oxygens (including phenoxy) is 1. The third-order valence-electron chi connectivity index (χ3n) is 3.38. The molecular weight excluding hydrogens is 383 g/mol. The van der Waals surface area contributed by atoms with Gasteiger partial charge in [0.05, 0.1) is 16.8 Å². The van der Waals surface area contributed by atoms with E-state index in [-0.39, 0.29) is 12.2 Å². The first-order valence-electron chi connectivity index (χ1n) is 7.67. The highest BCUT2D eigenvalue weighted by Crippen LogP contribution is 2.28. The Hall–Kier alpha value is -3.14. The minimum atomic E-state index is -1.64. The van der Waals surface area contributed by atoms with Crippen molar-refractivity contribution in [1.29, 1.82) is 0 Å². The molecule has 0 aliphatic heterocycles. The van der Waals surface area contributed by atoms with Gasteiger partial charge in [-0.25, -0.2) is 22.9 Å². The molecule has 0 spiro atoms. The monoisotopic (exact) mass is 395 g/mol. The summed E-state index contributed by atoms with van der Waals surface area (Å²) in [5.41, 5.74) is 0.549. The molecule has 140 valence electrons. The van der Waals surface area contributed by atoms with Gasteiger partial charge in [0.2, 0.25) is 0 Å². The maximum atomic E-state index is 13.3. The highest BCUT2D eigenvalue weighted by Gasteiger charge is 2.16. The van der Waals surface area contributed by atoms with Crippen molar-refractivity contribution in [2.24, 2.45) is 0 Å². The number of nitrogens with one attached hydrogen (secondary N) is 2. The Labute approximate surface area is 155 Å². The third kappa shape index (κ3) is 4.17. The second-order valence-corrected chi connectivity index (χ2v) is 6.29. The maximum absolute atomic E-state index is 13.3. The molecule has 3 rings (SSSR count). The number of aromatic nitrogens is 1. The van der Waals surface area contributed by atoms with Crippen molar-refractivity contribution < 1.29 is 27.5 Å². The number of halogens is 3. The van der Waals surface area contributed by atoms with Crippen molar-refractivity contribution in [1.82, 2.24) is 4.98 Å². The molecule has 0 aliphatic carbocycles. The Morgan fingerprint density at radius 2 is 1.81 bits per heavy atom. The van der Waals surface area contributed by atoms with Gasteiger partial charge in [0.1, 0.15) is 0 Å². The first kappa shape index (κ1) is 18.6. The number of amides is 2. The van der Waals surface area contributed by atoms with Gasteiger partial charge in [0, 0.05) is 11.3 Å². The lowest BCUT2D eigenvalue weighted by atomic mass is 10.2. The van der Waals surface area contributed by atoms with E-state index < -0.39 is 29.5 Å². The van der Waals surface area contributed by atoms with Crippen LogP contribution in [0.4, 0.5) is 28.8 Å². The Morgan fingerprint density at radius 1 is 1.11 bits per heavy atom. The fourth-order valence-corrected chi connectivity index (χ4v) is 3.09. The average Bonchev–Trinajstić information content (AvgIpc) is 3.00. The van der Waals surface area contributed by atoms with Crippen LogP contribution in [0.2, 0.25) is 0 Å². The fraction of sp³-hybridized carbons (Fsp3) is 0.118. The largest absolute Gasteiger partial charge is 0.450 e. The molecule has 0 radical (unpaired) electrons. The topological polar surface area (TPSA) is 80.3 Å². The van der Waals surface area contributed by atoms with Crippen LogP contribution in [0.5, 0.6) is 0 Å². The van der Waals surface area contributed by atoms with E-state index in [1.807, 2.05) is 0 Å². The predicted octanol–water partition coefficient (Wildman–Crippen LogP) is 4.53. The van der Waals surface area contributed by atoms with E-state index in [0.717, 1.165) is 11.3 Å². The zero-order chi connectivity index (χ0) is 19.6. The van der Waals surface area contributed by atoms with Crippen molar-refractivity contribution in [2.45, 2.75) is 6.92 Å². The second-order valence-electron chi connectivity index (χ2n) is 5.25. The summed E-state index contributed by atoms with van der Waals surface area (Å²) in [6, 6.07) is 5.94. The summed E-state index contributed by atoms with van der Waals surface area (Å²) >= 11 is 1.15. The quantitative estimate of drug-likeness (QED) is 0.636. The number of fused-ring (bicyclic) bond motifs is 1. The molecule has 0 fully saturated rings. The van der Waals surface area contributed by atoms with Crippen molar-refractivity contribution in [3.63, 3.8) is 0 Å². The molecule has 1 heterocycles. The van der Waals surface area contributed by atoms with E-state index in [4.69, 9.17) is 4.74 Å². The van der Waals surface area contributed by atoms with Crippen LogP contribution in [0.15, 0.2) is 30.3 Å². The first-order valence-corrected chi connectivity index (χ1v) is 8.49. The molecule has 0 aliphatic rings. The van der Waals surface area contributed by atoms with E-state index in [1.165, 1.54) is 6.07 Å². The molecule has 3 aromatic rings. The fourth-order valence-electron chi connectivity index (χ4n) is 2.20. The van der Waals surface area contributed by atoms with Gasteiger partial charge >= 0.3 is 6.09 Å². The zero-order valence-electron chi connectivity index (χ0n) is 13.8. The summed E-state index contributed by atoms with van der Waals surface area (Å²) in [5.74, 6) is -5.35. The molecule has 6 nitrogen and oxygen atoms in total. The molecule has 2 aromatic carbocycles. The van der Waals surface area contributed by atoms with Crippen LogP contribution in [0.25, 0.3) is 10.2 Å². The number of anilines is 2. The van der Waals surface area contributed by atoms with Crippen LogP contribution in [0.1, 0.15) is 17.3 Å². The average molecular weight is 395 g/mol. The Balaban J connectivity index is 1.79. The van der Waals surface area contributed by atoms with Crippen LogP contribution in [0, 0.1) is 17.5 Å². The third-order valence-corrected chi connectivity index (χ3v) is 4.31. The summed E-state index contributed by atoms with van der Waals surface area (Å²) in [6.45, 7) is 1.89. The lowest BCUT2D eigenvalue weighted by Gasteiger charge is -2.06. The van der Waals surface area contributed by atoms with Gasteiger partial charge in [-0.15, -0.1) is 0 Å². The van der Waals surface area contributed by atoms with E-state index in [2.05, 4.69) is 15.6 Å². The molecule has 10 heteroatoms. The molecule has 2 amide bonds. The SMILES string of the molecule is CCOC(=O)Nc1nc2ccc(NC(=O)c3cc(F)c(F)c(F)c3)cc2s1. The summed E-state index contributed by atoms with van der Waals surface area (Å²) in [4.78, 5) is 27.8. The second kappa shape index (κ2) is 7.62. The Morgan fingerprint density at radius 3 is 2.48 bits per heavy atom. The Kier molecular flexibility index (Phi) is 5.26. The number of nitrogens with zero attached hydrogens (tertiary/aromatic N) is 1. The van der Waals surface area contributed by atoms with Crippen LogP contribution < -0.4 is 10.6 Å². The molecular formula is C17H12F3N3O3S. The number of rotatable bonds is 4. The van der Waals surface area contributed by atoms with Crippen LogP contribution in [-0.4, -0.2) is 23.6 Å². The van der Waals surface area contributed by atoms with Gasteiger partial charge in [-0.3, -0.25) is 10.1 Å². The Bertz CT molecular complexity index is 1020. The summed E-state index contributed by atoms with van der Waals surface area (Å²) < 4.78 is 44.9. The van der Waals surface area contributed by atoms with Gasteiger partial charge in [0.15, 0.2) is 22.6 Å². The van der Waals surface area contributed by atoms with E-state index in [9.17, 15) is 22.8 Å². The number of hydrogen-bond acceptors (Lipinski definition) is 5. The summed E-state index contributed by atoms with van der Waals surface area (Å²) in [6.07, 6.45) is -0.634. The van der Waals surface area contributed by atoms with Gasteiger partial charge in [-0.1, -0.05) is 11.3 Å². The van der Waals surface area contributed by atoms with Crippen molar-refractivity contribution in [3.8, 4) is 0 Å². The lowest BCUT2D eigenvalue weighted by molar-refractivity contribution is 0.102. The number of hydrogen-bond donors (Lipinski definition) is 2. The van der Waals surface area contributed by atoms with E-state index in [1.54, 1.807) is 19.1 Å². The van der Waals surface area contributed by atoms with Crippen molar-refractivity contribution >= 4 is 44.4 Å². The molecule has 0 bridgehead atoms. The van der Waals surface area contributed by atoms with Gasteiger partial charge in [-0.05, 0) is 37.3 Å². The summed E-state index contributed by atoms with van der Waals surface area (Å²) in [5, 5.41) is 5.26. The summed E-state index contributed by atoms with van der Waals surface area (Å²) in [7, 11) is 0. The molecule has 0 atom stereocenters. The molecule has 2 N–H and O–H groups in total. The minimum absolute atomic E-state index is 0.220. The maximum Gasteiger partial charge on any atom is 0.413 e. The first-order chi connectivity index (χ1) is 12.9. The smallest absolute Gasteiger partial charge is 0.413 e. The van der Waals surface area contributed by atoms with Crippen LogP contribution >= 0.6 is 11.3 Å². The molecule has 1 aromatic heterocycles. The van der Waals surface area contributed by atoms with Crippen LogP contribution in [-0.2, 0) is 4.74 Å². The van der Waals surface area contributed by atoms with Crippen molar-refractivity contribution in [3.05, 3.63) is 53.3 Å². The number of benzene rings is 2. The predicted molar refractivity (Wildman–Crippen MR) is 94.5 cm³/mol. The van der Waals surface area contributed by atoms with Gasteiger partial charge in [-0.2, -0.15) is 0 Å². The van der Waals surface area contributed by atoms with Crippen molar-refractivity contribution in [2.75, 3.05) is 17.2 Å². The standard InChI is InChI=1S/C17H12F3N3O3S/c1-2-26-17(25)23-16-22-12-4-3-9(7-13(12)27-16)21-15(24)8-5-10(18)14(20)11(19)6-8/h3-7H,2H2,1H3,(H,21,24)(H,22,23,25). The van der Waals surface area contributed by atoms with Crippen LogP contribution in [0.3, 0.4) is 0 Å². The normalized spacial score (nSPS) is 10.7. The van der Waals surface area contributed by atoms with E-state index in [0.29, 0.717) is 33.2 Å². The number of carbonyl (C=O) groups is 2. The molecule has 27 heavy (non-hydrogen) atoms. The number of thiazole rings is 1. The highest BCUT2D eigenvalue weighted by molar-refractivity contribution is 7.22. The molecule has 0 saturated heterocycles.